The van der Waals surface area contributed by atoms with Gasteiger partial charge < -0.3 is 30.3 Å². The lowest BCUT2D eigenvalue weighted by atomic mass is 9.62. The summed E-state index contributed by atoms with van der Waals surface area (Å²) in [6, 6.07) is 15.6. The van der Waals surface area contributed by atoms with Crippen molar-refractivity contribution < 1.29 is 24.2 Å². The number of carbonyl (C=O) groups excluding carboxylic acids is 3. The Bertz CT molecular complexity index is 1280. The molecule has 2 aromatic carbocycles. The van der Waals surface area contributed by atoms with Crippen LogP contribution >= 0.6 is 0 Å². The Morgan fingerprint density at radius 1 is 1.10 bits per heavy atom. The van der Waals surface area contributed by atoms with Crippen molar-refractivity contribution in [1.29, 1.82) is 0 Å². The molecule has 0 aliphatic carbocycles. The van der Waals surface area contributed by atoms with Gasteiger partial charge in [0.1, 0.15) is 11.6 Å². The van der Waals surface area contributed by atoms with Crippen LogP contribution in [0.15, 0.2) is 54.6 Å². The molecule has 3 heterocycles. The summed E-state index contributed by atoms with van der Waals surface area (Å²) in [6.45, 7) is 11.6. The van der Waals surface area contributed by atoms with Crippen LogP contribution in [-0.4, -0.2) is 70.7 Å². The number of aliphatic hydroxyl groups is 1. The summed E-state index contributed by atoms with van der Waals surface area (Å²) in [7, 11) is 0. The maximum Gasteiger partial charge on any atom is 0.250 e. The molecule has 7 atom stereocenters. The fourth-order valence-electron chi connectivity index (χ4n) is 7.39. The lowest BCUT2D eigenvalue weighted by Crippen LogP contribution is -2.56. The van der Waals surface area contributed by atoms with Crippen LogP contribution in [0.3, 0.4) is 0 Å². The fourth-order valence-corrected chi connectivity index (χ4v) is 7.39. The second-order valence-electron chi connectivity index (χ2n) is 11.9. The van der Waals surface area contributed by atoms with Gasteiger partial charge in [-0.05, 0) is 69.9 Å². The molecule has 9 nitrogen and oxygen atoms in total. The predicted molar refractivity (Wildman–Crippen MR) is 157 cm³/mol. The van der Waals surface area contributed by atoms with Crippen LogP contribution in [0.5, 0.6) is 0 Å². The quantitative estimate of drug-likeness (QED) is 0.410. The van der Waals surface area contributed by atoms with E-state index in [2.05, 4.69) is 29.4 Å². The molecule has 5 rings (SSSR count). The number of nitrogens with one attached hydrogen (secondary N) is 2. The van der Waals surface area contributed by atoms with E-state index in [1.165, 1.54) is 4.90 Å². The number of nitrogens with zero attached hydrogens (tertiary/aromatic N) is 2. The van der Waals surface area contributed by atoms with Crippen LogP contribution in [0.2, 0.25) is 0 Å². The van der Waals surface area contributed by atoms with Crippen molar-refractivity contribution in [3.8, 4) is 0 Å². The average molecular weight is 563 g/mol. The number of hydrogen-bond acceptors (Lipinski definition) is 6. The largest absolute Gasteiger partial charge is 0.394 e. The summed E-state index contributed by atoms with van der Waals surface area (Å²) < 4.78 is 6.74. The molecular weight excluding hydrogens is 520 g/mol. The third-order valence-corrected chi connectivity index (χ3v) is 9.60. The zero-order valence-electron chi connectivity index (χ0n) is 24.6. The smallest absolute Gasteiger partial charge is 0.250 e. The summed E-state index contributed by atoms with van der Waals surface area (Å²) in [5, 5.41) is 16.1. The first-order chi connectivity index (χ1) is 19.6. The maximum atomic E-state index is 14.1. The van der Waals surface area contributed by atoms with Crippen LogP contribution in [0, 0.1) is 17.8 Å². The van der Waals surface area contributed by atoms with E-state index in [0.717, 1.165) is 24.3 Å². The number of benzene rings is 2. The van der Waals surface area contributed by atoms with Gasteiger partial charge in [-0.2, -0.15) is 0 Å². The number of ether oxygens (including phenoxy) is 1. The molecule has 3 saturated heterocycles. The van der Waals surface area contributed by atoms with Crippen LogP contribution in [0.25, 0.3) is 0 Å². The second kappa shape index (κ2) is 11.1. The van der Waals surface area contributed by atoms with Gasteiger partial charge in [-0.3, -0.25) is 14.4 Å². The van der Waals surface area contributed by atoms with E-state index < -0.39 is 35.1 Å². The summed E-state index contributed by atoms with van der Waals surface area (Å²) in [6.07, 6.45) is 0.468. The number of rotatable bonds is 10. The minimum atomic E-state index is -1.17. The van der Waals surface area contributed by atoms with E-state index in [0.29, 0.717) is 18.7 Å². The number of fused-ring (bicyclic) bond motifs is 1. The second-order valence-corrected chi connectivity index (χ2v) is 11.9. The molecule has 3 fully saturated rings. The third-order valence-electron chi connectivity index (χ3n) is 9.60. The molecule has 0 radical (unpaired) electrons. The highest BCUT2D eigenvalue weighted by molar-refractivity contribution is 6.04. The van der Waals surface area contributed by atoms with E-state index in [1.54, 1.807) is 6.92 Å². The Hall–Kier alpha value is -3.43. The van der Waals surface area contributed by atoms with Crippen molar-refractivity contribution in [2.75, 3.05) is 29.9 Å². The first-order valence-corrected chi connectivity index (χ1v) is 14.7. The number of anilines is 2. The summed E-state index contributed by atoms with van der Waals surface area (Å²) >= 11 is 0. The average Bonchev–Trinajstić information content (AvgIpc) is 3.49. The van der Waals surface area contributed by atoms with E-state index in [1.807, 2.05) is 68.4 Å². The number of carbonyl (C=O) groups is 3. The lowest BCUT2D eigenvalue weighted by Gasteiger charge is -2.36. The lowest BCUT2D eigenvalue weighted by molar-refractivity contribution is -0.148. The molecule has 3 amide bonds. The molecule has 3 N–H and O–H groups in total. The third kappa shape index (κ3) is 4.69. The van der Waals surface area contributed by atoms with Crippen molar-refractivity contribution in [3.63, 3.8) is 0 Å². The van der Waals surface area contributed by atoms with Gasteiger partial charge in [0.05, 0.1) is 30.1 Å². The topological polar surface area (TPSA) is 111 Å². The van der Waals surface area contributed by atoms with Gasteiger partial charge in [0.25, 0.3) is 0 Å². The first-order valence-electron chi connectivity index (χ1n) is 14.7. The summed E-state index contributed by atoms with van der Waals surface area (Å²) in [4.78, 5) is 45.7. The van der Waals surface area contributed by atoms with Crippen LogP contribution in [-0.2, 0) is 25.7 Å². The van der Waals surface area contributed by atoms with E-state index >= 15 is 0 Å². The maximum absolute atomic E-state index is 14.1. The van der Waals surface area contributed by atoms with Gasteiger partial charge in [-0.15, -0.1) is 0 Å². The first kappa shape index (κ1) is 29.1. The Balaban J connectivity index is 1.45. The molecule has 2 bridgehead atoms. The van der Waals surface area contributed by atoms with Crippen molar-refractivity contribution in [1.82, 2.24) is 10.2 Å². The Labute approximate surface area is 242 Å². The molecule has 0 saturated carbocycles. The Kier molecular flexibility index (Phi) is 7.87. The van der Waals surface area contributed by atoms with Gasteiger partial charge in [-0.1, -0.05) is 37.3 Å². The van der Waals surface area contributed by atoms with Crippen molar-refractivity contribution >= 4 is 29.1 Å². The van der Waals surface area contributed by atoms with Gasteiger partial charge >= 0.3 is 0 Å². The highest BCUT2D eigenvalue weighted by Crippen LogP contribution is 2.65. The molecular formula is C32H42N4O5. The molecule has 0 aromatic heterocycles. The van der Waals surface area contributed by atoms with Gasteiger partial charge in [0, 0.05) is 31.0 Å². The fraction of sp³-hybridized carbons (Fsp3) is 0.531. The number of amides is 3. The molecule has 3 aliphatic heterocycles. The minimum Gasteiger partial charge on any atom is -0.394 e. The van der Waals surface area contributed by atoms with Gasteiger partial charge in [-0.25, -0.2) is 0 Å². The Morgan fingerprint density at radius 2 is 1.76 bits per heavy atom. The molecule has 220 valence electrons. The molecule has 2 aromatic rings. The van der Waals surface area contributed by atoms with Crippen LogP contribution < -0.4 is 15.5 Å². The van der Waals surface area contributed by atoms with Crippen LogP contribution in [0.4, 0.5) is 11.4 Å². The highest BCUT2D eigenvalue weighted by atomic mass is 16.5. The number of hydrogen-bond donors (Lipinski definition) is 3. The van der Waals surface area contributed by atoms with Crippen molar-refractivity contribution in [3.05, 3.63) is 60.2 Å². The van der Waals surface area contributed by atoms with Gasteiger partial charge in [0.2, 0.25) is 17.7 Å². The van der Waals surface area contributed by atoms with Crippen molar-refractivity contribution in [2.24, 2.45) is 17.8 Å². The predicted octanol–water partition coefficient (Wildman–Crippen LogP) is 3.18. The highest BCUT2D eigenvalue weighted by Gasteiger charge is 2.80. The van der Waals surface area contributed by atoms with E-state index in [-0.39, 0.29) is 30.2 Å². The monoisotopic (exact) mass is 562 g/mol. The SMILES string of the molecule is CCN(CC)c1ccc(NC(=O)C2N([C@H](C)CO)C(=O)[C@@H]3[C@H](C(=O)NCc4ccccc4)[C@@]4(C)OC23CC4C)cc1. The van der Waals surface area contributed by atoms with Crippen LogP contribution in [0.1, 0.15) is 46.6 Å². The van der Waals surface area contributed by atoms with E-state index in [9.17, 15) is 19.5 Å². The molecule has 9 heteroatoms. The standard InChI is InChI=1S/C32H42N4O5/c1-6-35(7-2)24-15-13-23(14-16-24)34-29(39)27-32-17-20(3)31(5,41-32)25(26(32)30(40)36(27)21(4)19-37)28(38)33-18-22-11-9-8-10-12-22/h8-16,20-21,25-27,37H,6-7,17-19H2,1-5H3,(H,33,38)(H,34,39)/t20?,21-,25-,26+,27?,31+,32?/m1/s1. The normalized spacial score (nSPS) is 30.7. The molecule has 1 spiro atoms. The number of likely N-dealkylation sites (tertiary alicyclic amines) is 1. The van der Waals surface area contributed by atoms with E-state index in [4.69, 9.17) is 4.74 Å². The zero-order chi connectivity index (χ0) is 29.5. The summed E-state index contributed by atoms with van der Waals surface area (Å²) in [5.74, 6) is -2.60. The molecule has 3 aliphatic rings. The van der Waals surface area contributed by atoms with Crippen molar-refractivity contribution in [2.45, 2.75) is 70.9 Å². The zero-order valence-corrected chi connectivity index (χ0v) is 24.6. The van der Waals surface area contributed by atoms with Gasteiger partial charge in [0.15, 0.2) is 0 Å². The molecule has 3 unspecified atom stereocenters. The summed E-state index contributed by atoms with van der Waals surface area (Å²) in [5.41, 5.74) is 0.546. The molecule has 41 heavy (non-hydrogen) atoms. The Morgan fingerprint density at radius 3 is 2.37 bits per heavy atom. The minimum absolute atomic E-state index is 0.0629. The number of aliphatic hydroxyl groups excluding tert-OH is 1.